The van der Waals surface area contributed by atoms with E-state index in [9.17, 15) is 13.2 Å². The SMILES string of the molecule is FC(F)=C(F)Oc1ccc(-c2ccccc2)cc1. The van der Waals surface area contributed by atoms with Crippen molar-refractivity contribution >= 4 is 0 Å². The molecule has 0 bridgehead atoms. The van der Waals surface area contributed by atoms with Crippen LogP contribution in [0.1, 0.15) is 0 Å². The first-order chi connectivity index (χ1) is 8.66. The predicted molar refractivity (Wildman–Crippen MR) is 62.9 cm³/mol. The Bertz CT molecular complexity index is 543. The van der Waals surface area contributed by atoms with E-state index in [1.807, 2.05) is 30.3 Å². The van der Waals surface area contributed by atoms with Crippen LogP contribution >= 0.6 is 0 Å². The average Bonchev–Trinajstić information content (AvgIpc) is 2.40. The van der Waals surface area contributed by atoms with Crippen LogP contribution in [0.3, 0.4) is 0 Å². The van der Waals surface area contributed by atoms with Crippen LogP contribution in [-0.4, -0.2) is 0 Å². The van der Waals surface area contributed by atoms with Gasteiger partial charge in [0.05, 0.1) is 0 Å². The highest BCUT2D eigenvalue weighted by atomic mass is 19.3. The largest absolute Gasteiger partial charge is 0.428 e. The van der Waals surface area contributed by atoms with Gasteiger partial charge in [-0.25, -0.2) is 0 Å². The molecule has 0 aliphatic heterocycles. The van der Waals surface area contributed by atoms with Gasteiger partial charge in [0.25, 0.3) is 0 Å². The molecule has 0 unspecified atom stereocenters. The molecular weight excluding hydrogens is 241 g/mol. The Morgan fingerprint density at radius 1 is 0.722 bits per heavy atom. The van der Waals surface area contributed by atoms with Crippen molar-refractivity contribution in [3.05, 3.63) is 66.7 Å². The summed E-state index contributed by atoms with van der Waals surface area (Å²) < 4.78 is 40.5. The molecule has 92 valence electrons. The third-order valence-corrected chi connectivity index (χ3v) is 2.32. The first-order valence-corrected chi connectivity index (χ1v) is 5.21. The molecule has 2 rings (SSSR count). The molecule has 0 radical (unpaired) electrons. The van der Waals surface area contributed by atoms with Gasteiger partial charge in [0, 0.05) is 0 Å². The Hall–Kier alpha value is -2.23. The van der Waals surface area contributed by atoms with Crippen molar-refractivity contribution in [3.8, 4) is 16.9 Å². The van der Waals surface area contributed by atoms with E-state index in [1.165, 1.54) is 12.1 Å². The van der Waals surface area contributed by atoms with Gasteiger partial charge in [-0.2, -0.15) is 13.2 Å². The van der Waals surface area contributed by atoms with Crippen molar-refractivity contribution < 1.29 is 17.9 Å². The minimum Gasteiger partial charge on any atom is -0.428 e. The van der Waals surface area contributed by atoms with E-state index in [4.69, 9.17) is 0 Å². The number of rotatable bonds is 3. The summed E-state index contributed by atoms with van der Waals surface area (Å²) in [6.45, 7) is 0. The van der Waals surface area contributed by atoms with Gasteiger partial charge >= 0.3 is 12.1 Å². The summed E-state index contributed by atoms with van der Waals surface area (Å²) in [6.07, 6.45) is -2.47. The molecule has 0 fully saturated rings. The number of halogens is 3. The number of hydrogen-bond donors (Lipinski definition) is 0. The Morgan fingerprint density at radius 3 is 1.83 bits per heavy atom. The molecular formula is C14H9F3O. The third kappa shape index (κ3) is 2.91. The summed E-state index contributed by atoms with van der Waals surface area (Å²) in [7, 11) is 0. The maximum absolute atomic E-state index is 12.5. The van der Waals surface area contributed by atoms with Crippen LogP contribution < -0.4 is 4.74 Å². The zero-order valence-electron chi connectivity index (χ0n) is 9.24. The van der Waals surface area contributed by atoms with Gasteiger partial charge in [0.15, 0.2) is 0 Å². The van der Waals surface area contributed by atoms with Crippen LogP contribution in [0.25, 0.3) is 11.1 Å². The van der Waals surface area contributed by atoms with Crippen molar-refractivity contribution in [1.29, 1.82) is 0 Å². The molecule has 2 aromatic rings. The zero-order chi connectivity index (χ0) is 13.0. The lowest BCUT2D eigenvalue weighted by Gasteiger charge is -2.04. The van der Waals surface area contributed by atoms with E-state index in [2.05, 4.69) is 4.74 Å². The van der Waals surface area contributed by atoms with Crippen LogP contribution in [0, 0.1) is 0 Å². The molecule has 0 saturated carbocycles. The maximum atomic E-state index is 12.5. The lowest BCUT2D eigenvalue weighted by molar-refractivity contribution is 0.241. The molecule has 1 nitrogen and oxygen atoms in total. The fraction of sp³-hybridized carbons (Fsp3) is 0. The first-order valence-electron chi connectivity index (χ1n) is 5.21. The lowest BCUT2D eigenvalue weighted by Crippen LogP contribution is -1.90. The summed E-state index contributed by atoms with van der Waals surface area (Å²) in [5, 5.41) is 0. The molecule has 0 aromatic heterocycles. The molecule has 18 heavy (non-hydrogen) atoms. The molecule has 0 N–H and O–H groups in total. The van der Waals surface area contributed by atoms with Crippen molar-refractivity contribution in [3.63, 3.8) is 0 Å². The summed E-state index contributed by atoms with van der Waals surface area (Å²) in [5.74, 6) is 0.0278. The van der Waals surface area contributed by atoms with Gasteiger partial charge in [0.1, 0.15) is 5.75 Å². The second-order valence-electron chi connectivity index (χ2n) is 3.53. The highest BCUT2D eigenvalue weighted by Gasteiger charge is 2.07. The second-order valence-corrected chi connectivity index (χ2v) is 3.53. The molecule has 0 amide bonds. The highest BCUT2D eigenvalue weighted by molar-refractivity contribution is 5.63. The molecule has 0 spiro atoms. The lowest BCUT2D eigenvalue weighted by atomic mass is 10.1. The van der Waals surface area contributed by atoms with Gasteiger partial charge in [-0.05, 0) is 23.3 Å². The number of benzene rings is 2. The van der Waals surface area contributed by atoms with Gasteiger partial charge in [-0.1, -0.05) is 42.5 Å². The topological polar surface area (TPSA) is 9.23 Å². The number of hydrogen-bond acceptors (Lipinski definition) is 1. The van der Waals surface area contributed by atoms with E-state index < -0.39 is 12.1 Å². The smallest absolute Gasteiger partial charge is 0.344 e. The molecule has 0 aliphatic carbocycles. The normalized spacial score (nSPS) is 9.94. The monoisotopic (exact) mass is 250 g/mol. The summed E-state index contributed by atoms with van der Waals surface area (Å²) in [6, 6.07) is 13.8. The molecule has 4 heteroatoms. The Morgan fingerprint density at radius 2 is 1.28 bits per heavy atom. The third-order valence-electron chi connectivity index (χ3n) is 2.32. The average molecular weight is 250 g/mol. The molecule has 0 saturated heterocycles. The van der Waals surface area contributed by atoms with Crippen molar-refractivity contribution in [2.45, 2.75) is 0 Å². The zero-order valence-corrected chi connectivity index (χ0v) is 9.24. The summed E-state index contributed by atoms with van der Waals surface area (Å²) >= 11 is 0. The van der Waals surface area contributed by atoms with Gasteiger partial charge in [-0.3, -0.25) is 0 Å². The van der Waals surface area contributed by atoms with Gasteiger partial charge in [0.2, 0.25) is 0 Å². The van der Waals surface area contributed by atoms with Crippen LogP contribution in [0.4, 0.5) is 13.2 Å². The van der Waals surface area contributed by atoms with Crippen molar-refractivity contribution in [2.75, 3.05) is 0 Å². The van der Waals surface area contributed by atoms with Crippen molar-refractivity contribution in [2.24, 2.45) is 0 Å². The molecule has 0 aliphatic rings. The van der Waals surface area contributed by atoms with Crippen molar-refractivity contribution in [1.82, 2.24) is 0 Å². The Balaban J connectivity index is 2.19. The molecule has 0 heterocycles. The second kappa shape index (κ2) is 5.40. The highest BCUT2D eigenvalue weighted by Crippen LogP contribution is 2.24. The Kier molecular flexibility index (Phi) is 3.67. The summed E-state index contributed by atoms with van der Waals surface area (Å²) in [5.41, 5.74) is 1.88. The van der Waals surface area contributed by atoms with Crippen LogP contribution in [0.15, 0.2) is 66.7 Å². The Labute approximate surface area is 102 Å². The number of ether oxygens (including phenoxy) is 1. The van der Waals surface area contributed by atoms with Gasteiger partial charge < -0.3 is 4.74 Å². The molecule has 0 atom stereocenters. The quantitative estimate of drug-likeness (QED) is 0.713. The standard InChI is InChI=1S/C14H9F3O/c15-13(16)14(17)18-12-8-6-11(7-9-12)10-4-2-1-3-5-10/h1-9H. The minimum atomic E-state index is -2.47. The van der Waals surface area contributed by atoms with E-state index in [0.717, 1.165) is 11.1 Å². The fourth-order valence-corrected chi connectivity index (χ4v) is 1.49. The minimum absolute atomic E-state index is 0.0278. The van der Waals surface area contributed by atoms with E-state index >= 15 is 0 Å². The van der Waals surface area contributed by atoms with E-state index in [0.29, 0.717) is 0 Å². The fourth-order valence-electron chi connectivity index (χ4n) is 1.49. The maximum Gasteiger partial charge on any atom is 0.344 e. The molecule has 2 aromatic carbocycles. The predicted octanol–water partition coefficient (Wildman–Crippen LogP) is 4.77. The first kappa shape index (κ1) is 12.2. The van der Waals surface area contributed by atoms with E-state index in [-0.39, 0.29) is 5.75 Å². The van der Waals surface area contributed by atoms with E-state index in [1.54, 1.807) is 12.1 Å². The van der Waals surface area contributed by atoms with Crippen LogP contribution in [-0.2, 0) is 0 Å². The van der Waals surface area contributed by atoms with Crippen LogP contribution in [0.5, 0.6) is 5.75 Å². The summed E-state index contributed by atoms with van der Waals surface area (Å²) in [4.78, 5) is 0. The van der Waals surface area contributed by atoms with Gasteiger partial charge in [-0.15, -0.1) is 0 Å². The van der Waals surface area contributed by atoms with Crippen LogP contribution in [0.2, 0.25) is 0 Å².